The highest BCUT2D eigenvalue weighted by Crippen LogP contribution is 2.60. The Morgan fingerprint density at radius 2 is 1.58 bits per heavy atom. The monoisotopic (exact) mass is 252 g/mol. The Kier molecular flexibility index (Phi) is 2.63. The summed E-state index contributed by atoms with van der Waals surface area (Å²) in [4.78, 5) is 0. The van der Waals surface area contributed by atoms with Crippen molar-refractivity contribution in [3.05, 3.63) is 48.0 Å². The summed E-state index contributed by atoms with van der Waals surface area (Å²) in [5.41, 5.74) is 1.14. The minimum Gasteiger partial charge on any atom is -0.388 e. The zero-order valence-corrected chi connectivity index (χ0v) is 11.1. The molecule has 0 amide bonds. The van der Waals surface area contributed by atoms with Crippen LogP contribution in [-0.4, -0.2) is 5.11 Å². The Bertz CT molecular complexity index is 586. The van der Waals surface area contributed by atoms with Gasteiger partial charge in [-0.25, -0.2) is 0 Å². The van der Waals surface area contributed by atoms with Crippen LogP contribution in [0.5, 0.6) is 0 Å². The van der Waals surface area contributed by atoms with E-state index in [0.29, 0.717) is 5.92 Å². The molecule has 19 heavy (non-hydrogen) atoms. The average molecular weight is 252 g/mol. The highest BCUT2D eigenvalue weighted by molar-refractivity contribution is 5.86. The van der Waals surface area contributed by atoms with Gasteiger partial charge < -0.3 is 5.11 Å². The molecule has 0 spiro atoms. The van der Waals surface area contributed by atoms with Gasteiger partial charge in [0, 0.05) is 0 Å². The molecular weight excluding hydrogens is 232 g/mol. The Hall–Kier alpha value is -1.34. The van der Waals surface area contributed by atoms with Crippen LogP contribution < -0.4 is 0 Å². The van der Waals surface area contributed by atoms with Crippen LogP contribution in [0.3, 0.4) is 0 Å². The molecule has 1 heteroatoms. The summed E-state index contributed by atoms with van der Waals surface area (Å²) < 4.78 is 0. The van der Waals surface area contributed by atoms with Crippen molar-refractivity contribution in [1.29, 1.82) is 0 Å². The maximum Gasteiger partial charge on any atom is 0.0829 e. The fourth-order valence-electron chi connectivity index (χ4n) is 4.23. The van der Waals surface area contributed by atoms with Crippen LogP contribution in [0.4, 0.5) is 0 Å². The molecule has 2 aromatic rings. The Morgan fingerprint density at radius 3 is 2.37 bits per heavy atom. The molecule has 4 rings (SSSR count). The van der Waals surface area contributed by atoms with Crippen molar-refractivity contribution >= 4 is 10.8 Å². The number of aliphatic hydroxyl groups is 1. The molecular formula is C18H20O. The lowest BCUT2D eigenvalue weighted by atomic mass is 9.96. The summed E-state index contributed by atoms with van der Waals surface area (Å²) in [5.74, 6) is 2.11. The van der Waals surface area contributed by atoms with E-state index in [9.17, 15) is 5.11 Å². The van der Waals surface area contributed by atoms with E-state index in [1.54, 1.807) is 0 Å². The van der Waals surface area contributed by atoms with E-state index in [1.807, 2.05) is 0 Å². The van der Waals surface area contributed by atoms with E-state index in [1.165, 1.54) is 36.5 Å². The second kappa shape index (κ2) is 4.35. The second-order valence-electron chi connectivity index (χ2n) is 6.20. The van der Waals surface area contributed by atoms with Crippen molar-refractivity contribution in [3.8, 4) is 0 Å². The summed E-state index contributed by atoms with van der Waals surface area (Å²) in [5, 5.41) is 13.3. The molecule has 2 aliphatic rings. The average Bonchev–Trinajstić information content (AvgIpc) is 3.20. The molecule has 0 aliphatic heterocycles. The van der Waals surface area contributed by atoms with E-state index < -0.39 is 0 Å². The summed E-state index contributed by atoms with van der Waals surface area (Å²) in [6.45, 7) is 0. The van der Waals surface area contributed by atoms with Gasteiger partial charge in [-0.1, -0.05) is 55.3 Å². The van der Waals surface area contributed by atoms with Crippen molar-refractivity contribution in [1.82, 2.24) is 0 Å². The van der Waals surface area contributed by atoms with Crippen molar-refractivity contribution in [2.75, 3.05) is 0 Å². The van der Waals surface area contributed by atoms with E-state index in [2.05, 4.69) is 42.5 Å². The molecule has 3 atom stereocenters. The normalized spacial score (nSPS) is 30.9. The SMILES string of the molecule is OC(c1cccc2ccccc12)C1C2CCCCC21. The smallest absolute Gasteiger partial charge is 0.0829 e. The first kappa shape index (κ1) is 11.5. The van der Waals surface area contributed by atoms with Gasteiger partial charge in [0.25, 0.3) is 0 Å². The lowest BCUT2D eigenvalue weighted by Crippen LogP contribution is -2.03. The lowest BCUT2D eigenvalue weighted by Gasteiger charge is -2.14. The van der Waals surface area contributed by atoms with Crippen molar-refractivity contribution in [3.63, 3.8) is 0 Å². The van der Waals surface area contributed by atoms with Crippen molar-refractivity contribution < 1.29 is 5.11 Å². The predicted molar refractivity (Wildman–Crippen MR) is 77.8 cm³/mol. The molecule has 0 heterocycles. The fraction of sp³-hybridized carbons (Fsp3) is 0.444. The molecule has 2 aromatic carbocycles. The molecule has 1 N–H and O–H groups in total. The highest BCUT2D eigenvalue weighted by atomic mass is 16.3. The predicted octanol–water partition coefficient (Wildman–Crippen LogP) is 4.31. The van der Waals surface area contributed by atoms with Gasteiger partial charge in [0.15, 0.2) is 0 Å². The molecule has 0 radical (unpaired) electrons. The zero-order chi connectivity index (χ0) is 12.8. The van der Waals surface area contributed by atoms with Crippen molar-refractivity contribution in [2.45, 2.75) is 31.8 Å². The number of hydrogen-bond acceptors (Lipinski definition) is 1. The largest absolute Gasteiger partial charge is 0.388 e. The van der Waals surface area contributed by atoms with Crippen LogP contribution in [0.1, 0.15) is 37.4 Å². The third kappa shape index (κ3) is 1.80. The number of rotatable bonds is 2. The van der Waals surface area contributed by atoms with E-state index in [0.717, 1.165) is 17.4 Å². The standard InChI is InChI=1S/C18H20O/c19-18(17-14-9-3-4-10-15(14)17)16-11-5-7-12-6-1-2-8-13(12)16/h1-2,5-8,11,14-15,17-19H,3-4,9-10H2. The van der Waals surface area contributed by atoms with Crippen LogP contribution in [0, 0.1) is 17.8 Å². The van der Waals surface area contributed by atoms with E-state index in [-0.39, 0.29) is 6.10 Å². The minimum atomic E-state index is -0.265. The van der Waals surface area contributed by atoms with Gasteiger partial charge in [-0.05, 0) is 46.9 Å². The topological polar surface area (TPSA) is 20.2 Å². The first-order valence-electron chi connectivity index (χ1n) is 7.52. The summed E-state index contributed by atoms with van der Waals surface area (Å²) in [7, 11) is 0. The van der Waals surface area contributed by atoms with E-state index >= 15 is 0 Å². The quantitative estimate of drug-likeness (QED) is 0.844. The lowest BCUT2D eigenvalue weighted by molar-refractivity contribution is 0.143. The molecule has 3 unspecified atom stereocenters. The third-order valence-corrected chi connectivity index (χ3v) is 5.23. The Morgan fingerprint density at radius 1 is 0.895 bits per heavy atom. The molecule has 1 nitrogen and oxygen atoms in total. The second-order valence-corrected chi connectivity index (χ2v) is 6.20. The first-order valence-corrected chi connectivity index (χ1v) is 7.52. The fourth-order valence-corrected chi connectivity index (χ4v) is 4.23. The Labute approximate surface area is 114 Å². The third-order valence-electron chi connectivity index (χ3n) is 5.23. The first-order chi connectivity index (χ1) is 9.36. The van der Waals surface area contributed by atoms with Gasteiger partial charge in [-0.3, -0.25) is 0 Å². The van der Waals surface area contributed by atoms with Gasteiger partial charge in [-0.15, -0.1) is 0 Å². The summed E-state index contributed by atoms with van der Waals surface area (Å²) in [6.07, 6.45) is 5.12. The van der Waals surface area contributed by atoms with E-state index in [4.69, 9.17) is 0 Å². The van der Waals surface area contributed by atoms with Crippen LogP contribution >= 0.6 is 0 Å². The maximum atomic E-state index is 10.8. The van der Waals surface area contributed by atoms with Gasteiger partial charge >= 0.3 is 0 Å². The van der Waals surface area contributed by atoms with Gasteiger partial charge in [0.05, 0.1) is 6.10 Å². The van der Waals surface area contributed by atoms with Crippen LogP contribution in [0.2, 0.25) is 0 Å². The number of hydrogen-bond donors (Lipinski definition) is 1. The van der Waals surface area contributed by atoms with Gasteiger partial charge in [0.1, 0.15) is 0 Å². The number of aliphatic hydroxyl groups excluding tert-OH is 1. The Balaban J connectivity index is 1.71. The maximum absolute atomic E-state index is 10.8. The molecule has 2 saturated carbocycles. The molecule has 2 fully saturated rings. The zero-order valence-electron chi connectivity index (χ0n) is 11.1. The molecule has 98 valence electrons. The van der Waals surface area contributed by atoms with Crippen molar-refractivity contribution in [2.24, 2.45) is 17.8 Å². The molecule has 2 aliphatic carbocycles. The minimum absolute atomic E-state index is 0.265. The van der Waals surface area contributed by atoms with Gasteiger partial charge in [0.2, 0.25) is 0 Å². The summed E-state index contributed by atoms with van der Waals surface area (Å²) >= 11 is 0. The number of benzene rings is 2. The van der Waals surface area contributed by atoms with Crippen LogP contribution in [0.15, 0.2) is 42.5 Å². The highest BCUT2D eigenvalue weighted by Gasteiger charge is 2.54. The van der Waals surface area contributed by atoms with Gasteiger partial charge in [-0.2, -0.15) is 0 Å². The van der Waals surface area contributed by atoms with Crippen LogP contribution in [0.25, 0.3) is 10.8 Å². The molecule has 0 saturated heterocycles. The number of fused-ring (bicyclic) bond motifs is 2. The summed E-state index contributed by atoms with van der Waals surface area (Å²) in [6, 6.07) is 14.7. The molecule has 0 aromatic heterocycles. The molecule has 0 bridgehead atoms. The van der Waals surface area contributed by atoms with Crippen LogP contribution in [-0.2, 0) is 0 Å².